The van der Waals surface area contributed by atoms with Gasteiger partial charge < -0.3 is 25.4 Å². The summed E-state index contributed by atoms with van der Waals surface area (Å²) in [5.74, 6) is 2.19. The Morgan fingerprint density at radius 2 is 1.75 bits per heavy atom. The molecule has 0 radical (unpaired) electrons. The topological polar surface area (TPSA) is 51.2 Å². The van der Waals surface area contributed by atoms with Crippen LogP contribution < -0.4 is 53.5 Å². The average Bonchev–Trinajstić information content (AvgIpc) is 2.70. The Labute approximate surface area is 163 Å². The van der Waals surface area contributed by atoms with E-state index in [9.17, 15) is 13.8 Å². The fourth-order valence-corrected chi connectivity index (χ4v) is 2.00. The van der Waals surface area contributed by atoms with Crippen LogP contribution in [0.5, 0.6) is 0 Å². The molecule has 0 N–H and O–H groups in total. The van der Waals surface area contributed by atoms with Gasteiger partial charge in [-0.2, -0.15) is 0 Å². The zero-order valence-corrected chi connectivity index (χ0v) is 17.8. The van der Waals surface area contributed by atoms with Gasteiger partial charge >= 0.3 is 29.6 Å². The van der Waals surface area contributed by atoms with E-state index in [2.05, 4.69) is 0 Å². The Morgan fingerprint density at radius 1 is 1.20 bits per heavy atom. The predicted octanol–water partition coefficient (Wildman–Crippen LogP) is -3.61. The molecular weight excluding hydrogens is 398 g/mol. The van der Waals surface area contributed by atoms with Gasteiger partial charge in [-0.25, -0.2) is 0 Å². The molecule has 2 fully saturated rings. The van der Waals surface area contributed by atoms with E-state index < -0.39 is 9.93 Å². The molecule has 2 atom stereocenters. The summed E-state index contributed by atoms with van der Waals surface area (Å²) in [6.45, 7) is 0. The molecule has 0 heterocycles. The van der Waals surface area contributed by atoms with Crippen molar-refractivity contribution in [1.29, 1.82) is 0 Å². The first kappa shape index (κ1) is 23.2. The third kappa shape index (κ3) is 11.6. The second kappa shape index (κ2) is 10.6. The smallest absolute Gasteiger partial charge is 1.00 e. The van der Waals surface area contributed by atoms with Gasteiger partial charge in [-0.05, 0) is 31.3 Å². The van der Waals surface area contributed by atoms with E-state index in [1.54, 1.807) is 24.8 Å². The van der Waals surface area contributed by atoms with Crippen molar-refractivity contribution in [2.45, 2.75) is 32.1 Å². The molecule has 112 valence electrons. The first-order chi connectivity index (χ1) is 8.27. The maximum Gasteiger partial charge on any atom is 1.00 e. The van der Waals surface area contributed by atoms with Crippen molar-refractivity contribution >= 4 is 21.5 Å². The molecule has 3 rings (SSSR count). The molecule has 0 spiro atoms. The number of carbonyl (C=O) groups is 2. The molecular formula is C14H24INaO3S. The molecule has 3 aliphatic carbocycles. The zero-order valence-electron chi connectivity index (χ0n) is 13.9. The fraction of sp³-hybridized carbons (Fsp3) is 0.714. The molecule has 3 aliphatic rings. The minimum absolute atomic E-state index is 0. The average molecular weight is 422 g/mol. The number of halogens is 1. The zero-order chi connectivity index (χ0) is 13.8. The van der Waals surface area contributed by atoms with Gasteiger partial charge in [-0.1, -0.05) is 6.08 Å². The van der Waals surface area contributed by atoms with Crippen molar-refractivity contribution in [1.82, 2.24) is 0 Å². The SMILES string of the molecule is C[S+](C)(C)=O.O=C1C=CCC1.O=C1CCC2CC12.[H-].[I-].[Na+]. The van der Waals surface area contributed by atoms with Crippen molar-refractivity contribution < 1.29 is 68.8 Å². The van der Waals surface area contributed by atoms with Crippen LogP contribution in [0.15, 0.2) is 12.2 Å². The molecule has 20 heavy (non-hydrogen) atoms. The van der Waals surface area contributed by atoms with Crippen molar-refractivity contribution in [3.05, 3.63) is 12.2 Å². The van der Waals surface area contributed by atoms with Crippen LogP contribution in [0.25, 0.3) is 0 Å². The van der Waals surface area contributed by atoms with Crippen molar-refractivity contribution in [2.24, 2.45) is 11.8 Å². The fourth-order valence-electron chi connectivity index (χ4n) is 2.00. The van der Waals surface area contributed by atoms with Crippen LogP contribution in [0.1, 0.15) is 33.5 Å². The van der Waals surface area contributed by atoms with Crippen LogP contribution in [0.2, 0.25) is 0 Å². The number of allylic oxidation sites excluding steroid dienone is 2. The molecule has 0 amide bonds. The summed E-state index contributed by atoms with van der Waals surface area (Å²) >= 11 is 0. The molecule has 3 nitrogen and oxygen atoms in total. The van der Waals surface area contributed by atoms with E-state index in [0.717, 1.165) is 25.2 Å². The molecule has 2 saturated carbocycles. The molecule has 0 aliphatic heterocycles. The van der Waals surface area contributed by atoms with E-state index in [4.69, 9.17) is 0 Å². The van der Waals surface area contributed by atoms with E-state index >= 15 is 0 Å². The van der Waals surface area contributed by atoms with Crippen LogP contribution in [0, 0.1) is 11.8 Å². The van der Waals surface area contributed by atoms with Gasteiger partial charge in [-0.3, -0.25) is 9.59 Å². The summed E-state index contributed by atoms with van der Waals surface area (Å²) in [5.41, 5.74) is 0. The van der Waals surface area contributed by atoms with Crippen LogP contribution in [0.3, 0.4) is 0 Å². The third-order valence-corrected chi connectivity index (χ3v) is 2.96. The first-order valence-corrected chi connectivity index (χ1v) is 9.17. The minimum atomic E-state index is -1.42. The first-order valence-electron chi connectivity index (χ1n) is 6.38. The summed E-state index contributed by atoms with van der Waals surface area (Å²) in [6, 6.07) is 0. The van der Waals surface area contributed by atoms with Gasteiger partial charge in [0.1, 0.15) is 24.6 Å². The van der Waals surface area contributed by atoms with Crippen molar-refractivity contribution in [3.63, 3.8) is 0 Å². The summed E-state index contributed by atoms with van der Waals surface area (Å²) < 4.78 is 10.2. The number of hydrogen-bond acceptors (Lipinski definition) is 3. The Morgan fingerprint density at radius 3 is 1.85 bits per heavy atom. The van der Waals surface area contributed by atoms with Gasteiger partial charge in [0.2, 0.25) is 0 Å². The van der Waals surface area contributed by atoms with E-state index in [1.165, 1.54) is 12.8 Å². The monoisotopic (exact) mass is 422 g/mol. The predicted molar refractivity (Wildman–Crippen MR) is 76.2 cm³/mol. The van der Waals surface area contributed by atoms with Gasteiger partial charge in [-0.15, -0.1) is 4.21 Å². The Kier molecular flexibility index (Phi) is 12.4. The Balaban J connectivity index is -0.000000220. The third-order valence-electron chi connectivity index (χ3n) is 2.96. The number of ketones is 2. The molecule has 2 unspecified atom stereocenters. The van der Waals surface area contributed by atoms with Crippen LogP contribution in [0.4, 0.5) is 0 Å². The second-order valence-corrected chi connectivity index (χ2v) is 9.19. The molecule has 0 saturated heterocycles. The van der Waals surface area contributed by atoms with Crippen molar-refractivity contribution in [3.8, 4) is 0 Å². The summed E-state index contributed by atoms with van der Waals surface area (Å²) in [7, 11) is -1.42. The number of Topliss-reactive ketones (excluding diaryl/α,β-unsaturated/α-hetero) is 1. The van der Waals surface area contributed by atoms with Crippen LogP contribution in [-0.2, 0) is 23.7 Å². The van der Waals surface area contributed by atoms with Gasteiger partial charge in [0.05, 0.1) is 9.93 Å². The maximum atomic E-state index is 10.6. The molecule has 0 bridgehead atoms. The molecule has 6 heteroatoms. The van der Waals surface area contributed by atoms with E-state index in [1.807, 2.05) is 6.08 Å². The Bertz CT molecular complexity index is 401. The van der Waals surface area contributed by atoms with E-state index in [-0.39, 0.29) is 60.7 Å². The summed E-state index contributed by atoms with van der Waals surface area (Å²) in [6.07, 6.45) is 13.7. The molecule has 0 aromatic carbocycles. The minimum Gasteiger partial charge on any atom is -1.00 e. The second-order valence-electron chi connectivity index (χ2n) is 5.74. The quantitative estimate of drug-likeness (QED) is 0.230. The van der Waals surface area contributed by atoms with E-state index in [0.29, 0.717) is 11.7 Å². The maximum absolute atomic E-state index is 10.6. The number of carbonyl (C=O) groups excluding carboxylic acids is 2. The van der Waals surface area contributed by atoms with Gasteiger partial charge in [0.15, 0.2) is 5.78 Å². The summed E-state index contributed by atoms with van der Waals surface area (Å²) in [4.78, 5) is 20.8. The normalized spacial score (nSPS) is 25.1. The molecule has 0 aromatic heterocycles. The van der Waals surface area contributed by atoms with Crippen LogP contribution in [-0.4, -0.2) is 30.3 Å². The number of hydrogen-bond donors (Lipinski definition) is 0. The van der Waals surface area contributed by atoms with Gasteiger partial charge in [0.25, 0.3) is 0 Å². The summed E-state index contributed by atoms with van der Waals surface area (Å²) in [5, 5.41) is 0. The number of fused-ring (bicyclic) bond motifs is 1. The van der Waals surface area contributed by atoms with Crippen LogP contribution >= 0.6 is 0 Å². The van der Waals surface area contributed by atoms with Crippen molar-refractivity contribution in [2.75, 3.05) is 18.8 Å². The van der Waals surface area contributed by atoms with Gasteiger partial charge in [0, 0.05) is 18.8 Å². The molecule has 0 aromatic rings. The standard InChI is InChI=1S/C6H8O.C5H6O.C3H9OS.HI.Na.H/c7-6-2-1-4-3-5(4)6;6-5-3-1-2-4-5;1-5(2,3)4;;;/h4-5H,1-3H2;1,3H,2,4H2;1-3H3;1H;;/q;;+1;;+1;-1/p-1. The number of rotatable bonds is 0. The Hall–Kier alpha value is 0.960. The largest absolute Gasteiger partial charge is 1.00 e.